The van der Waals surface area contributed by atoms with Crippen LogP contribution in [0.4, 0.5) is 0 Å². The highest BCUT2D eigenvalue weighted by molar-refractivity contribution is 5.85. The van der Waals surface area contributed by atoms with E-state index in [1.165, 1.54) is 0 Å². The molecule has 1 fully saturated rings. The number of aryl methyl sites for hydroxylation is 1. The molecular weight excluding hydrogens is 328 g/mol. The molecule has 0 spiro atoms. The van der Waals surface area contributed by atoms with E-state index < -0.39 is 0 Å². The minimum absolute atomic E-state index is 0. The van der Waals surface area contributed by atoms with Crippen molar-refractivity contribution in [2.24, 2.45) is 0 Å². The lowest BCUT2D eigenvalue weighted by molar-refractivity contribution is 0.190. The second-order valence-electron chi connectivity index (χ2n) is 5.98. The highest BCUT2D eigenvalue weighted by atomic mass is 35.5. The number of halogens is 1. The molecule has 128 valence electrons. The Morgan fingerprint density at radius 1 is 1.29 bits per heavy atom. The van der Waals surface area contributed by atoms with Crippen molar-refractivity contribution in [1.29, 1.82) is 0 Å². The molecule has 8 heteroatoms. The lowest BCUT2D eigenvalue weighted by atomic mass is 10.2. The second kappa shape index (κ2) is 6.88. The van der Waals surface area contributed by atoms with Gasteiger partial charge in [0.25, 0.3) is 0 Å². The third kappa shape index (κ3) is 3.02. The van der Waals surface area contributed by atoms with Crippen LogP contribution in [0.5, 0.6) is 0 Å². The van der Waals surface area contributed by atoms with Crippen molar-refractivity contribution in [3.05, 3.63) is 41.8 Å². The lowest BCUT2D eigenvalue weighted by Crippen LogP contribution is -2.44. The average Bonchev–Trinajstić information content (AvgIpc) is 3.14. The molecule has 7 nitrogen and oxygen atoms in total. The molecule has 1 atom stereocenters. The van der Waals surface area contributed by atoms with Gasteiger partial charge in [-0.1, -0.05) is 17.3 Å². The Kier molecular flexibility index (Phi) is 4.84. The van der Waals surface area contributed by atoms with Gasteiger partial charge in [-0.2, -0.15) is 4.98 Å². The van der Waals surface area contributed by atoms with Gasteiger partial charge in [-0.05, 0) is 26.1 Å². The summed E-state index contributed by atoms with van der Waals surface area (Å²) in [4.78, 5) is 11.4. The van der Waals surface area contributed by atoms with E-state index in [0.717, 1.165) is 42.3 Å². The molecule has 4 rings (SSSR count). The lowest BCUT2D eigenvalue weighted by Gasteiger charge is -2.30. The van der Waals surface area contributed by atoms with Crippen LogP contribution in [0.2, 0.25) is 0 Å². The number of imidazole rings is 1. The van der Waals surface area contributed by atoms with Crippen molar-refractivity contribution in [1.82, 2.24) is 29.9 Å². The third-order valence-corrected chi connectivity index (χ3v) is 4.43. The fourth-order valence-electron chi connectivity index (χ4n) is 3.09. The highest BCUT2D eigenvalue weighted by Gasteiger charge is 2.25. The quantitative estimate of drug-likeness (QED) is 0.777. The van der Waals surface area contributed by atoms with Gasteiger partial charge in [-0.15, -0.1) is 12.4 Å². The van der Waals surface area contributed by atoms with E-state index in [9.17, 15) is 0 Å². The molecule has 0 amide bonds. The van der Waals surface area contributed by atoms with Crippen molar-refractivity contribution < 1.29 is 4.52 Å². The van der Waals surface area contributed by atoms with Crippen LogP contribution in [0.25, 0.3) is 11.0 Å². The molecule has 0 radical (unpaired) electrons. The van der Waals surface area contributed by atoms with Gasteiger partial charge in [0.1, 0.15) is 12.4 Å². The normalized spacial score (nSPS) is 18.7. The number of nitrogens with zero attached hydrogens (tertiary/aromatic N) is 5. The van der Waals surface area contributed by atoms with Crippen LogP contribution < -0.4 is 5.32 Å². The van der Waals surface area contributed by atoms with Gasteiger partial charge >= 0.3 is 0 Å². The fraction of sp³-hybridized carbons (Fsp3) is 0.438. The molecule has 24 heavy (non-hydrogen) atoms. The van der Waals surface area contributed by atoms with E-state index in [1.807, 2.05) is 25.1 Å². The van der Waals surface area contributed by atoms with Crippen LogP contribution in [-0.4, -0.2) is 51.3 Å². The zero-order chi connectivity index (χ0) is 15.8. The first-order valence-electron chi connectivity index (χ1n) is 7.87. The summed E-state index contributed by atoms with van der Waals surface area (Å²) in [5, 5.41) is 7.55. The average molecular weight is 349 g/mol. The van der Waals surface area contributed by atoms with Gasteiger partial charge in [0.2, 0.25) is 5.89 Å². The summed E-state index contributed by atoms with van der Waals surface area (Å²) in [6.07, 6.45) is 0. The molecule has 0 bridgehead atoms. The minimum Gasteiger partial charge on any atom is -0.337 e. The summed E-state index contributed by atoms with van der Waals surface area (Å²) >= 11 is 0. The van der Waals surface area contributed by atoms with Crippen LogP contribution in [-0.2, 0) is 6.54 Å². The SMILES string of the molecule is Cc1nc2ccccc2n1Cc1nc(C2CNCCN2C)no1.Cl. The van der Waals surface area contributed by atoms with Crippen molar-refractivity contribution in [3.63, 3.8) is 0 Å². The van der Waals surface area contributed by atoms with E-state index in [-0.39, 0.29) is 18.4 Å². The van der Waals surface area contributed by atoms with Crippen molar-refractivity contribution in [2.75, 3.05) is 26.7 Å². The topological polar surface area (TPSA) is 72.0 Å². The Hall–Kier alpha value is -1.96. The number of nitrogens with one attached hydrogen (secondary N) is 1. The maximum Gasteiger partial charge on any atom is 0.246 e. The number of hydrogen-bond acceptors (Lipinski definition) is 6. The molecule has 1 N–H and O–H groups in total. The van der Waals surface area contributed by atoms with Gasteiger partial charge < -0.3 is 14.4 Å². The number of benzene rings is 1. The Balaban J connectivity index is 0.00000169. The molecule has 1 aliphatic rings. The van der Waals surface area contributed by atoms with Crippen LogP contribution in [0, 0.1) is 6.92 Å². The zero-order valence-corrected chi connectivity index (χ0v) is 14.6. The van der Waals surface area contributed by atoms with Crippen LogP contribution >= 0.6 is 12.4 Å². The van der Waals surface area contributed by atoms with E-state index >= 15 is 0 Å². The smallest absolute Gasteiger partial charge is 0.246 e. The first kappa shape index (κ1) is 16.9. The van der Waals surface area contributed by atoms with E-state index in [4.69, 9.17) is 4.52 Å². The zero-order valence-electron chi connectivity index (χ0n) is 13.8. The van der Waals surface area contributed by atoms with Crippen LogP contribution in [0.1, 0.15) is 23.6 Å². The maximum absolute atomic E-state index is 5.48. The molecule has 2 aromatic heterocycles. The van der Waals surface area contributed by atoms with Crippen LogP contribution in [0.15, 0.2) is 28.8 Å². The van der Waals surface area contributed by atoms with Gasteiger partial charge in [0, 0.05) is 19.6 Å². The third-order valence-electron chi connectivity index (χ3n) is 4.43. The number of para-hydroxylation sites is 2. The molecule has 0 saturated carbocycles. The van der Waals surface area contributed by atoms with Gasteiger partial charge in [0.05, 0.1) is 17.1 Å². The van der Waals surface area contributed by atoms with Crippen molar-refractivity contribution in [2.45, 2.75) is 19.5 Å². The molecule has 0 aliphatic carbocycles. The molecule has 1 unspecified atom stereocenters. The van der Waals surface area contributed by atoms with Crippen molar-refractivity contribution in [3.8, 4) is 0 Å². The van der Waals surface area contributed by atoms with Crippen molar-refractivity contribution >= 4 is 23.4 Å². The molecule has 1 saturated heterocycles. The van der Waals surface area contributed by atoms with Gasteiger partial charge in [-0.3, -0.25) is 4.90 Å². The number of piperazine rings is 1. The number of rotatable bonds is 3. The van der Waals surface area contributed by atoms with Gasteiger partial charge in [-0.25, -0.2) is 4.98 Å². The van der Waals surface area contributed by atoms with E-state index in [1.54, 1.807) is 0 Å². The summed E-state index contributed by atoms with van der Waals surface area (Å²) in [6, 6.07) is 8.26. The molecular formula is C16H21ClN6O. The summed E-state index contributed by atoms with van der Waals surface area (Å²) in [5.74, 6) is 2.31. The predicted molar refractivity (Wildman–Crippen MR) is 93.4 cm³/mol. The Bertz CT molecular complexity index is 829. The molecule has 3 heterocycles. The summed E-state index contributed by atoms with van der Waals surface area (Å²) in [6.45, 7) is 5.37. The predicted octanol–water partition coefficient (Wildman–Crippen LogP) is 1.77. The maximum atomic E-state index is 5.48. The Labute approximate surface area is 146 Å². The highest BCUT2D eigenvalue weighted by Crippen LogP contribution is 2.20. The second-order valence-corrected chi connectivity index (χ2v) is 5.98. The monoisotopic (exact) mass is 348 g/mol. The van der Waals surface area contributed by atoms with E-state index in [0.29, 0.717) is 12.4 Å². The van der Waals surface area contributed by atoms with Crippen LogP contribution in [0.3, 0.4) is 0 Å². The minimum atomic E-state index is 0. The molecule has 1 aliphatic heterocycles. The fourth-order valence-corrected chi connectivity index (χ4v) is 3.09. The Morgan fingerprint density at radius 2 is 2.12 bits per heavy atom. The number of aromatic nitrogens is 4. The number of hydrogen-bond donors (Lipinski definition) is 1. The first-order valence-corrected chi connectivity index (χ1v) is 7.87. The summed E-state index contributed by atoms with van der Waals surface area (Å²) < 4.78 is 7.59. The number of likely N-dealkylation sites (N-methyl/N-ethyl adjacent to an activating group) is 1. The number of fused-ring (bicyclic) bond motifs is 1. The summed E-state index contributed by atoms with van der Waals surface area (Å²) in [5.41, 5.74) is 2.07. The molecule has 1 aromatic carbocycles. The molecule has 3 aromatic rings. The first-order chi connectivity index (χ1) is 11.2. The standard InChI is InChI=1S/C16H20N6O.ClH/c1-11-18-12-5-3-4-6-13(12)22(11)10-15-19-16(20-23-15)14-9-17-7-8-21(14)2;/h3-6,14,17H,7-10H2,1-2H3;1H. The largest absolute Gasteiger partial charge is 0.337 e. The van der Waals surface area contributed by atoms with Gasteiger partial charge in [0.15, 0.2) is 5.82 Å². The summed E-state index contributed by atoms with van der Waals surface area (Å²) in [7, 11) is 2.09. The van der Waals surface area contributed by atoms with E-state index in [2.05, 4.69) is 43.0 Å². The Morgan fingerprint density at radius 3 is 2.96 bits per heavy atom.